The molecule has 0 aliphatic rings. The molecule has 0 aliphatic heterocycles. The van der Waals surface area contributed by atoms with Gasteiger partial charge in [0.15, 0.2) is 10.6 Å². The van der Waals surface area contributed by atoms with Gasteiger partial charge in [-0.15, -0.1) is 11.3 Å². The van der Waals surface area contributed by atoms with Crippen LogP contribution in [0, 0.1) is 0 Å². The van der Waals surface area contributed by atoms with Crippen LogP contribution >= 0.6 is 11.3 Å². The van der Waals surface area contributed by atoms with Crippen molar-refractivity contribution in [1.29, 1.82) is 0 Å². The molecule has 0 radical (unpaired) electrons. The van der Waals surface area contributed by atoms with E-state index in [1.807, 2.05) is 18.2 Å². The molecule has 0 fully saturated rings. The Morgan fingerprint density at radius 2 is 1.94 bits per heavy atom. The molecule has 1 aromatic heterocycles. The molecule has 4 nitrogen and oxygen atoms in total. The summed E-state index contributed by atoms with van der Waals surface area (Å²) in [5, 5.41) is 0.744. The SMILES string of the molecule is COC(=O)c1sc2ccccc2c1OC(C)=O. The Labute approximate surface area is 102 Å². The molecule has 1 heterocycles. The van der Waals surface area contributed by atoms with Gasteiger partial charge in [0.1, 0.15) is 0 Å². The van der Waals surface area contributed by atoms with E-state index in [-0.39, 0.29) is 5.75 Å². The van der Waals surface area contributed by atoms with E-state index in [1.165, 1.54) is 25.4 Å². The monoisotopic (exact) mass is 250 g/mol. The first-order valence-corrected chi connectivity index (χ1v) is 5.73. The molecule has 1 aromatic carbocycles. The number of ether oxygens (including phenoxy) is 2. The molecule has 0 amide bonds. The van der Waals surface area contributed by atoms with Crippen molar-refractivity contribution in [1.82, 2.24) is 0 Å². The van der Waals surface area contributed by atoms with E-state index < -0.39 is 11.9 Å². The highest BCUT2D eigenvalue weighted by Crippen LogP contribution is 2.38. The Bertz CT molecular complexity index is 585. The summed E-state index contributed by atoms with van der Waals surface area (Å²) >= 11 is 1.25. The third kappa shape index (κ3) is 2.14. The van der Waals surface area contributed by atoms with Crippen LogP contribution in [-0.4, -0.2) is 19.0 Å². The molecule has 2 aromatic rings. The first kappa shape index (κ1) is 11.6. The van der Waals surface area contributed by atoms with Gasteiger partial charge < -0.3 is 9.47 Å². The van der Waals surface area contributed by atoms with Gasteiger partial charge in [0.05, 0.1) is 7.11 Å². The largest absolute Gasteiger partial charge is 0.465 e. The second-order valence-electron chi connectivity index (χ2n) is 3.34. The third-order valence-corrected chi connectivity index (χ3v) is 3.30. The maximum Gasteiger partial charge on any atom is 0.351 e. The molecule has 0 N–H and O–H groups in total. The lowest BCUT2D eigenvalue weighted by Gasteiger charge is -2.02. The third-order valence-electron chi connectivity index (χ3n) is 2.17. The van der Waals surface area contributed by atoms with Crippen molar-refractivity contribution >= 4 is 33.4 Å². The van der Waals surface area contributed by atoms with Gasteiger partial charge in [0, 0.05) is 17.0 Å². The summed E-state index contributed by atoms with van der Waals surface area (Å²) < 4.78 is 10.6. The van der Waals surface area contributed by atoms with E-state index in [9.17, 15) is 9.59 Å². The number of hydrogen-bond acceptors (Lipinski definition) is 5. The number of carbonyl (C=O) groups excluding carboxylic acids is 2. The molecule has 0 saturated heterocycles. The molecule has 17 heavy (non-hydrogen) atoms. The summed E-state index contributed by atoms with van der Waals surface area (Å²) in [5.41, 5.74) is 0. The second kappa shape index (κ2) is 4.55. The fourth-order valence-corrected chi connectivity index (χ4v) is 2.54. The van der Waals surface area contributed by atoms with Gasteiger partial charge >= 0.3 is 11.9 Å². The lowest BCUT2D eigenvalue weighted by Crippen LogP contribution is -2.06. The molecule has 2 rings (SSSR count). The molecule has 88 valence electrons. The highest BCUT2D eigenvalue weighted by Gasteiger charge is 2.21. The number of hydrogen-bond donors (Lipinski definition) is 0. The Balaban J connectivity index is 2.64. The molecular weight excluding hydrogens is 240 g/mol. The van der Waals surface area contributed by atoms with Crippen LogP contribution in [-0.2, 0) is 9.53 Å². The number of rotatable bonds is 2. The van der Waals surface area contributed by atoms with E-state index in [2.05, 4.69) is 4.74 Å². The molecule has 0 saturated carbocycles. The van der Waals surface area contributed by atoms with E-state index in [4.69, 9.17) is 4.74 Å². The molecule has 0 aliphatic carbocycles. The Morgan fingerprint density at radius 3 is 2.59 bits per heavy atom. The van der Waals surface area contributed by atoms with E-state index in [1.54, 1.807) is 6.07 Å². The van der Waals surface area contributed by atoms with Crippen LogP contribution in [0.3, 0.4) is 0 Å². The van der Waals surface area contributed by atoms with Crippen molar-refractivity contribution in [3.63, 3.8) is 0 Å². The molecular formula is C12H10O4S. The summed E-state index contributed by atoms with van der Waals surface area (Å²) in [4.78, 5) is 22.9. The highest BCUT2D eigenvalue weighted by molar-refractivity contribution is 7.21. The number of carbonyl (C=O) groups is 2. The molecule has 0 unspecified atom stereocenters. The van der Waals surface area contributed by atoms with Gasteiger partial charge in [-0.25, -0.2) is 4.79 Å². The first-order valence-electron chi connectivity index (χ1n) is 4.91. The van der Waals surface area contributed by atoms with Crippen LogP contribution in [0.25, 0.3) is 10.1 Å². The maximum absolute atomic E-state index is 11.6. The number of fused-ring (bicyclic) bond motifs is 1. The summed E-state index contributed by atoms with van der Waals surface area (Å²) in [6, 6.07) is 7.34. The Morgan fingerprint density at radius 1 is 1.24 bits per heavy atom. The van der Waals surface area contributed by atoms with Crippen molar-refractivity contribution in [3.05, 3.63) is 29.1 Å². The van der Waals surface area contributed by atoms with Crippen molar-refractivity contribution < 1.29 is 19.1 Å². The van der Waals surface area contributed by atoms with Crippen LogP contribution in [0.1, 0.15) is 16.6 Å². The van der Waals surface area contributed by atoms with Gasteiger partial charge in [0.25, 0.3) is 0 Å². The highest BCUT2D eigenvalue weighted by atomic mass is 32.1. The topological polar surface area (TPSA) is 52.6 Å². The number of esters is 2. The second-order valence-corrected chi connectivity index (χ2v) is 4.39. The van der Waals surface area contributed by atoms with Crippen LogP contribution in [0.15, 0.2) is 24.3 Å². The van der Waals surface area contributed by atoms with Gasteiger partial charge in [-0.2, -0.15) is 0 Å². The van der Waals surface area contributed by atoms with Gasteiger partial charge in [-0.05, 0) is 12.1 Å². The fraction of sp³-hybridized carbons (Fsp3) is 0.167. The zero-order valence-electron chi connectivity index (χ0n) is 9.35. The predicted octanol–water partition coefficient (Wildman–Crippen LogP) is 2.61. The van der Waals surface area contributed by atoms with E-state index >= 15 is 0 Å². The summed E-state index contributed by atoms with van der Waals surface area (Å²) in [5.74, 6) is -0.675. The fourth-order valence-electron chi connectivity index (χ4n) is 1.49. The minimum atomic E-state index is -0.498. The summed E-state index contributed by atoms with van der Waals surface area (Å²) in [7, 11) is 1.30. The molecule has 0 spiro atoms. The summed E-state index contributed by atoms with van der Waals surface area (Å²) in [6.45, 7) is 1.30. The smallest absolute Gasteiger partial charge is 0.351 e. The molecule has 5 heteroatoms. The van der Waals surface area contributed by atoms with Crippen LogP contribution in [0.2, 0.25) is 0 Å². The standard InChI is InChI=1S/C12H10O4S/c1-7(13)16-10-8-5-3-4-6-9(8)17-11(10)12(14)15-2/h3-6H,1-2H3. The van der Waals surface area contributed by atoms with Crippen LogP contribution in [0.5, 0.6) is 5.75 Å². The van der Waals surface area contributed by atoms with E-state index in [0.717, 1.165) is 10.1 Å². The summed E-state index contributed by atoms with van der Waals surface area (Å²) in [6.07, 6.45) is 0. The average Bonchev–Trinajstić information content (AvgIpc) is 2.67. The lowest BCUT2D eigenvalue weighted by atomic mass is 10.2. The van der Waals surface area contributed by atoms with Gasteiger partial charge in [0.2, 0.25) is 0 Å². The Hall–Kier alpha value is -1.88. The Kier molecular flexibility index (Phi) is 3.10. The molecule has 0 atom stereocenters. The van der Waals surface area contributed by atoms with Crippen LogP contribution in [0.4, 0.5) is 0 Å². The van der Waals surface area contributed by atoms with Crippen molar-refractivity contribution in [2.24, 2.45) is 0 Å². The van der Waals surface area contributed by atoms with Crippen molar-refractivity contribution in [2.75, 3.05) is 7.11 Å². The number of benzene rings is 1. The zero-order chi connectivity index (χ0) is 12.4. The zero-order valence-corrected chi connectivity index (χ0v) is 10.2. The van der Waals surface area contributed by atoms with Gasteiger partial charge in [-0.1, -0.05) is 12.1 Å². The number of thiophene rings is 1. The van der Waals surface area contributed by atoms with Crippen molar-refractivity contribution in [2.45, 2.75) is 6.92 Å². The quantitative estimate of drug-likeness (QED) is 0.769. The number of methoxy groups -OCH3 is 1. The maximum atomic E-state index is 11.6. The molecule has 0 bridgehead atoms. The van der Waals surface area contributed by atoms with E-state index in [0.29, 0.717) is 4.88 Å². The predicted molar refractivity (Wildman–Crippen MR) is 64.5 cm³/mol. The minimum absolute atomic E-state index is 0.282. The lowest BCUT2D eigenvalue weighted by molar-refractivity contribution is -0.131. The first-order chi connectivity index (χ1) is 8.13. The normalized spacial score (nSPS) is 10.2. The minimum Gasteiger partial charge on any atom is -0.465 e. The van der Waals surface area contributed by atoms with Crippen LogP contribution < -0.4 is 4.74 Å². The average molecular weight is 250 g/mol. The van der Waals surface area contributed by atoms with Crippen molar-refractivity contribution in [3.8, 4) is 5.75 Å². The van der Waals surface area contributed by atoms with Gasteiger partial charge in [-0.3, -0.25) is 4.79 Å².